The smallest absolute Gasteiger partial charge is 0.148 e. The molecule has 3 unspecified atom stereocenters. The molecule has 1 fully saturated rings. The van der Waals surface area contributed by atoms with Gasteiger partial charge in [0.05, 0.1) is 6.10 Å². The van der Waals surface area contributed by atoms with Crippen LogP contribution in [0.25, 0.3) is 0 Å². The van der Waals surface area contributed by atoms with Gasteiger partial charge in [-0.05, 0) is 43.4 Å². The lowest BCUT2D eigenvalue weighted by atomic mass is 10.0. The minimum absolute atomic E-state index is 0.130. The summed E-state index contributed by atoms with van der Waals surface area (Å²) in [6, 6.07) is 8.25. The standard InChI is InChI=1S/C17H23NO2/c1-3-11-20-16-9-7-14(8-10-16)13(2)18-12-15-5-4-6-17(15)19/h1,7-10,13,15,17-19H,4-6,11-12H2,2H3. The molecule has 1 aliphatic carbocycles. The average Bonchev–Trinajstić information content (AvgIpc) is 2.88. The van der Waals surface area contributed by atoms with E-state index in [1.165, 1.54) is 5.56 Å². The van der Waals surface area contributed by atoms with Crippen molar-refractivity contribution in [3.8, 4) is 18.1 Å². The first-order valence-corrected chi connectivity index (χ1v) is 7.28. The molecule has 1 aliphatic rings. The van der Waals surface area contributed by atoms with E-state index in [4.69, 9.17) is 11.2 Å². The van der Waals surface area contributed by atoms with Gasteiger partial charge in [0.2, 0.25) is 0 Å². The van der Waals surface area contributed by atoms with E-state index in [9.17, 15) is 5.11 Å². The maximum atomic E-state index is 9.82. The largest absolute Gasteiger partial charge is 0.481 e. The monoisotopic (exact) mass is 273 g/mol. The molecule has 0 bridgehead atoms. The number of hydrogen-bond donors (Lipinski definition) is 2. The van der Waals surface area contributed by atoms with Crippen LogP contribution in [0.1, 0.15) is 37.8 Å². The van der Waals surface area contributed by atoms with Gasteiger partial charge in [-0.15, -0.1) is 6.42 Å². The Labute approximate surface area is 121 Å². The maximum Gasteiger partial charge on any atom is 0.148 e. The molecule has 108 valence electrons. The Hall–Kier alpha value is -1.50. The van der Waals surface area contributed by atoms with Crippen LogP contribution in [0.2, 0.25) is 0 Å². The molecule has 1 aromatic rings. The van der Waals surface area contributed by atoms with Gasteiger partial charge in [0, 0.05) is 12.6 Å². The van der Waals surface area contributed by atoms with Gasteiger partial charge in [0.15, 0.2) is 0 Å². The van der Waals surface area contributed by atoms with Crippen molar-refractivity contribution in [3.05, 3.63) is 29.8 Å². The van der Waals surface area contributed by atoms with Crippen molar-refractivity contribution in [1.82, 2.24) is 5.32 Å². The highest BCUT2D eigenvalue weighted by atomic mass is 16.5. The normalized spacial score (nSPS) is 23.2. The van der Waals surface area contributed by atoms with Crippen LogP contribution in [0, 0.1) is 18.3 Å². The van der Waals surface area contributed by atoms with Gasteiger partial charge >= 0.3 is 0 Å². The Kier molecular flexibility index (Phi) is 5.46. The zero-order valence-corrected chi connectivity index (χ0v) is 12.0. The minimum atomic E-state index is -0.130. The van der Waals surface area contributed by atoms with Gasteiger partial charge in [-0.1, -0.05) is 24.5 Å². The molecule has 0 saturated heterocycles. The average molecular weight is 273 g/mol. The van der Waals surface area contributed by atoms with Crippen LogP contribution < -0.4 is 10.1 Å². The van der Waals surface area contributed by atoms with Crippen LogP contribution in [0.5, 0.6) is 5.75 Å². The van der Waals surface area contributed by atoms with Crippen LogP contribution in [-0.2, 0) is 0 Å². The SMILES string of the molecule is C#CCOc1ccc(C(C)NCC2CCCC2O)cc1. The highest BCUT2D eigenvalue weighted by Gasteiger charge is 2.25. The maximum absolute atomic E-state index is 9.82. The highest BCUT2D eigenvalue weighted by molar-refractivity contribution is 5.29. The second-order valence-corrected chi connectivity index (χ2v) is 5.45. The molecule has 3 atom stereocenters. The molecule has 0 heterocycles. The summed E-state index contributed by atoms with van der Waals surface area (Å²) < 4.78 is 5.36. The topological polar surface area (TPSA) is 41.5 Å². The van der Waals surface area contributed by atoms with E-state index in [1.54, 1.807) is 0 Å². The summed E-state index contributed by atoms with van der Waals surface area (Å²) in [4.78, 5) is 0. The summed E-state index contributed by atoms with van der Waals surface area (Å²) in [5.74, 6) is 3.65. The fourth-order valence-corrected chi connectivity index (χ4v) is 2.68. The van der Waals surface area contributed by atoms with E-state index in [2.05, 4.69) is 30.3 Å². The molecule has 1 saturated carbocycles. The molecule has 0 radical (unpaired) electrons. The lowest BCUT2D eigenvalue weighted by Gasteiger charge is -2.20. The third-order valence-corrected chi connectivity index (χ3v) is 4.01. The van der Waals surface area contributed by atoms with Crippen LogP contribution in [-0.4, -0.2) is 24.4 Å². The third kappa shape index (κ3) is 4.00. The molecular weight excluding hydrogens is 250 g/mol. The van der Waals surface area contributed by atoms with E-state index in [0.29, 0.717) is 12.5 Å². The van der Waals surface area contributed by atoms with Gasteiger partial charge in [0.25, 0.3) is 0 Å². The highest BCUT2D eigenvalue weighted by Crippen LogP contribution is 2.25. The molecule has 3 heteroatoms. The number of benzene rings is 1. The zero-order valence-electron chi connectivity index (χ0n) is 12.0. The number of nitrogens with one attached hydrogen (secondary N) is 1. The number of hydrogen-bond acceptors (Lipinski definition) is 3. The predicted octanol–water partition coefficient (Wildman–Crippen LogP) is 2.51. The molecule has 1 aromatic carbocycles. The summed E-state index contributed by atoms with van der Waals surface area (Å²) in [7, 11) is 0. The van der Waals surface area contributed by atoms with Gasteiger partial charge in [-0.2, -0.15) is 0 Å². The fourth-order valence-electron chi connectivity index (χ4n) is 2.68. The number of terminal acetylenes is 1. The number of aliphatic hydroxyl groups excluding tert-OH is 1. The van der Waals surface area contributed by atoms with Gasteiger partial charge in [-0.3, -0.25) is 0 Å². The van der Waals surface area contributed by atoms with Gasteiger partial charge < -0.3 is 15.2 Å². The summed E-state index contributed by atoms with van der Waals surface area (Å²) in [6.45, 7) is 3.31. The molecule has 20 heavy (non-hydrogen) atoms. The Morgan fingerprint density at radius 1 is 1.40 bits per heavy atom. The van der Waals surface area contributed by atoms with Gasteiger partial charge in [0.1, 0.15) is 12.4 Å². The summed E-state index contributed by atoms with van der Waals surface area (Å²) in [5.41, 5.74) is 1.21. The van der Waals surface area contributed by atoms with Crippen molar-refractivity contribution >= 4 is 0 Å². The van der Waals surface area contributed by atoms with Crippen molar-refractivity contribution < 1.29 is 9.84 Å². The van der Waals surface area contributed by atoms with E-state index < -0.39 is 0 Å². The molecule has 0 aliphatic heterocycles. The number of ether oxygens (including phenoxy) is 1. The fraction of sp³-hybridized carbons (Fsp3) is 0.529. The Morgan fingerprint density at radius 2 is 2.15 bits per heavy atom. The first-order chi connectivity index (χ1) is 9.70. The lowest BCUT2D eigenvalue weighted by molar-refractivity contribution is 0.130. The van der Waals surface area contributed by atoms with Crippen molar-refractivity contribution in [3.63, 3.8) is 0 Å². The third-order valence-electron chi connectivity index (χ3n) is 4.01. The first kappa shape index (κ1) is 14.9. The number of aliphatic hydroxyl groups is 1. The molecule has 0 aromatic heterocycles. The van der Waals surface area contributed by atoms with E-state index in [0.717, 1.165) is 31.6 Å². The second-order valence-electron chi connectivity index (χ2n) is 5.45. The second kappa shape index (κ2) is 7.33. The molecule has 2 N–H and O–H groups in total. The summed E-state index contributed by atoms with van der Waals surface area (Å²) in [5, 5.41) is 13.3. The molecule has 0 amide bonds. The lowest BCUT2D eigenvalue weighted by Crippen LogP contribution is -2.29. The van der Waals surface area contributed by atoms with Crippen molar-refractivity contribution in [2.75, 3.05) is 13.2 Å². The van der Waals surface area contributed by atoms with Crippen LogP contribution >= 0.6 is 0 Å². The molecular formula is C17H23NO2. The van der Waals surface area contributed by atoms with E-state index in [-0.39, 0.29) is 12.1 Å². The molecule has 0 spiro atoms. The predicted molar refractivity (Wildman–Crippen MR) is 80.5 cm³/mol. The Balaban J connectivity index is 1.82. The summed E-state index contributed by atoms with van der Waals surface area (Å²) >= 11 is 0. The van der Waals surface area contributed by atoms with Gasteiger partial charge in [-0.25, -0.2) is 0 Å². The Bertz CT molecular complexity index is 449. The van der Waals surface area contributed by atoms with E-state index >= 15 is 0 Å². The Morgan fingerprint density at radius 3 is 2.75 bits per heavy atom. The van der Waals surface area contributed by atoms with Crippen LogP contribution in [0.4, 0.5) is 0 Å². The van der Waals surface area contributed by atoms with Crippen molar-refractivity contribution in [2.45, 2.75) is 38.3 Å². The van der Waals surface area contributed by atoms with Crippen LogP contribution in [0.15, 0.2) is 24.3 Å². The molecule has 3 nitrogen and oxygen atoms in total. The zero-order chi connectivity index (χ0) is 14.4. The minimum Gasteiger partial charge on any atom is -0.481 e. The summed E-state index contributed by atoms with van der Waals surface area (Å²) in [6.07, 6.45) is 8.24. The quantitative estimate of drug-likeness (QED) is 0.783. The van der Waals surface area contributed by atoms with Crippen molar-refractivity contribution in [2.24, 2.45) is 5.92 Å². The number of rotatable bonds is 6. The van der Waals surface area contributed by atoms with Crippen LogP contribution in [0.3, 0.4) is 0 Å². The van der Waals surface area contributed by atoms with Crippen molar-refractivity contribution in [1.29, 1.82) is 0 Å². The van der Waals surface area contributed by atoms with E-state index in [1.807, 2.05) is 12.1 Å². The first-order valence-electron chi connectivity index (χ1n) is 7.28. The molecule has 2 rings (SSSR count).